The first-order valence-electron chi connectivity index (χ1n) is 7.78. The van der Waals surface area contributed by atoms with Crippen LogP contribution in [0.3, 0.4) is 0 Å². The molecule has 0 atom stereocenters. The van der Waals surface area contributed by atoms with Gasteiger partial charge in [-0.2, -0.15) is 13.2 Å². The van der Waals surface area contributed by atoms with E-state index in [1.165, 1.54) is 12.1 Å². The molecule has 0 radical (unpaired) electrons. The van der Waals surface area contributed by atoms with Gasteiger partial charge in [0, 0.05) is 24.8 Å². The van der Waals surface area contributed by atoms with Gasteiger partial charge in [-0.1, -0.05) is 11.6 Å². The number of ether oxygens (including phenoxy) is 2. The number of alkyl halides is 3. The molecule has 2 heterocycles. The summed E-state index contributed by atoms with van der Waals surface area (Å²) in [5.41, 5.74) is -6.37. The minimum Gasteiger partial charge on any atom is -0.490 e. The van der Waals surface area contributed by atoms with E-state index in [0.717, 1.165) is 18.3 Å². The summed E-state index contributed by atoms with van der Waals surface area (Å²) >= 11 is 6.08. The Labute approximate surface area is 162 Å². The van der Waals surface area contributed by atoms with Crippen LogP contribution in [0.2, 0.25) is 5.02 Å². The molecule has 12 heteroatoms. The summed E-state index contributed by atoms with van der Waals surface area (Å²) in [5, 5.41) is 0.914. The molecule has 0 unspecified atom stereocenters. The number of carbonyl (C=O) groups is 1. The van der Waals surface area contributed by atoms with Crippen molar-refractivity contribution in [3.63, 3.8) is 0 Å². The fourth-order valence-corrected chi connectivity index (χ4v) is 3.43. The van der Waals surface area contributed by atoms with Gasteiger partial charge in [0.15, 0.2) is 16.5 Å². The molecule has 7 nitrogen and oxygen atoms in total. The number of amides is 1. The van der Waals surface area contributed by atoms with Gasteiger partial charge in [-0.3, -0.25) is 4.79 Å². The molecule has 0 fully saturated rings. The van der Waals surface area contributed by atoms with Gasteiger partial charge in [-0.15, -0.1) is 0 Å². The molecule has 150 valence electrons. The topological polar surface area (TPSA) is 94.6 Å². The molecular weight excluding hydrogens is 425 g/mol. The van der Waals surface area contributed by atoms with Crippen LogP contribution < -0.4 is 14.8 Å². The molecular formula is C16H12ClF3N2O5S. The van der Waals surface area contributed by atoms with Gasteiger partial charge in [0.25, 0.3) is 15.7 Å². The normalized spacial score (nSPS) is 14.3. The van der Waals surface area contributed by atoms with E-state index in [1.807, 2.05) is 0 Å². The third kappa shape index (κ3) is 3.85. The fourth-order valence-electron chi connectivity index (χ4n) is 2.36. The van der Waals surface area contributed by atoms with E-state index in [-0.39, 0.29) is 16.5 Å². The fraction of sp³-hybridized carbons (Fsp3) is 0.250. The molecule has 3 rings (SSSR count). The molecule has 0 saturated heterocycles. The van der Waals surface area contributed by atoms with Gasteiger partial charge < -0.3 is 14.8 Å². The van der Waals surface area contributed by atoms with Crippen molar-refractivity contribution in [3.8, 4) is 11.5 Å². The number of nitrogens with one attached hydrogen (secondary N) is 1. The van der Waals surface area contributed by atoms with E-state index in [4.69, 9.17) is 21.1 Å². The van der Waals surface area contributed by atoms with E-state index in [9.17, 15) is 26.4 Å². The number of hydrogen-bond acceptors (Lipinski definition) is 6. The van der Waals surface area contributed by atoms with Gasteiger partial charge in [0.05, 0.1) is 29.5 Å². The number of aromatic nitrogens is 1. The molecule has 0 saturated carbocycles. The van der Waals surface area contributed by atoms with Crippen molar-refractivity contribution < 1.29 is 35.9 Å². The van der Waals surface area contributed by atoms with Crippen LogP contribution in [0.5, 0.6) is 11.5 Å². The summed E-state index contributed by atoms with van der Waals surface area (Å²) < 4.78 is 72.9. The van der Waals surface area contributed by atoms with Crippen molar-refractivity contribution >= 4 is 33.0 Å². The van der Waals surface area contributed by atoms with E-state index >= 15 is 0 Å². The zero-order chi connectivity index (χ0) is 20.5. The van der Waals surface area contributed by atoms with E-state index < -0.39 is 31.8 Å². The molecule has 2 aromatic rings. The maximum atomic E-state index is 12.9. The average molecular weight is 437 g/mol. The summed E-state index contributed by atoms with van der Waals surface area (Å²) in [6, 6.07) is 4.78. The Hall–Kier alpha value is -2.53. The standard InChI is InChI=1S/C16H12ClF3N2O5S/c17-10-7-12-13(27-6-2-5-26-12)8-11(10)22-14(23)9-3-1-4-21-15(9)28(24,25)16(18,19)20/h1,3-4,7-8H,2,5-6H2,(H,22,23). The molecule has 1 aromatic heterocycles. The van der Waals surface area contributed by atoms with Crippen molar-refractivity contribution in [2.24, 2.45) is 0 Å². The van der Waals surface area contributed by atoms with Crippen LogP contribution in [0.25, 0.3) is 0 Å². The zero-order valence-corrected chi connectivity index (χ0v) is 15.5. The van der Waals surface area contributed by atoms with Gasteiger partial charge in [-0.25, -0.2) is 13.4 Å². The molecule has 1 aliphatic heterocycles. The summed E-state index contributed by atoms with van der Waals surface area (Å²) in [4.78, 5) is 15.7. The lowest BCUT2D eigenvalue weighted by Gasteiger charge is -2.14. The lowest BCUT2D eigenvalue weighted by Crippen LogP contribution is -2.27. The number of fused-ring (bicyclic) bond motifs is 1. The summed E-state index contributed by atoms with van der Waals surface area (Å²) in [5.74, 6) is -0.499. The van der Waals surface area contributed by atoms with Crippen molar-refractivity contribution in [2.45, 2.75) is 17.0 Å². The molecule has 0 bridgehead atoms. The Morgan fingerprint density at radius 3 is 2.46 bits per heavy atom. The molecule has 0 spiro atoms. The van der Waals surface area contributed by atoms with E-state index in [2.05, 4.69) is 10.3 Å². The van der Waals surface area contributed by atoms with Crippen LogP contribution >= 0.6 is 11.6 Å². The quantitative estimate of drug-likeness (QED) is 0.792. The second-order valence-electron chi connectivity index (χ2n) is 5.59. The predicted octanol–water partition coefficient (Wildman–Crippen LogP) is 3.44. The van der Waals surface area contributed by atoms with Crippen molar-refractivity contribution in [2.75, 3.05) is 18.5 Å². The first-order chi connectivity index (χ1) is 13.1. The molecule has 1 amide bonds. The molecule has 1 aromatic carbocycles. The van der Waals surface area contributed by atoms with Gasteiger partial charge >= 0.3 is 5.51 Å². The smallest absolute Gasteiger partial charge is 0.490 e. The number of halogens is 4. The van der Waals surface area contributed by atoms with Crippen LogP contribution in [0.15, 0.2) is 35.5 Å². The highest BCUT2D eigenvalue weighted by Gasteiger charge is 2.49. The Bertz CT molecular complexity index is 1030. The zero-order valence-electron chi connectivity index (χ0n) is 13.9. The van der Waals surface area contributed by atoms with Gasteiger partial charge in [-0.05, 0) is 12.1 Å². The number of sulfone groups is 1. The number of carbonyl (C=O) groups excluding carboxylic acids is 1. The van der Waals surface area contributed by atoms with E-state index in [0.29, 0.717) is 25.4 Å². The van der Waals surface area contributed by atoms with Crippen molar-refractivity contribution in [3.05, 3.63) is 41.0 Å². The number of pyridine rings is 1. The number of hydrogen-bond donors (Lipinski definition) is 1. The Morgan fingerprint density at radius 1 is 1.18 bits per heavy atom. The maximum Gasteiger partial charge on any atom is 0.503 e. The highest BCUT2D eigenvalue weighted by Crippen LogP contribution is 2.38. The third-order valence-corrected chi connectivity index (χ3v) is 5.42. The minimum atomic E-state index is -5.82. The van der Waals surface area contributed by atoms with Crippen LogP contribution in [0.4, 0.5) is 18.9 Å². The lowest BCUT2D eigenvalue weighted by molar-refractivity contribution is -0.0438. The van der Waals surface area contributed by atoms with E-state index in [1.54, 1.807) is 0 Å². The monoisotopic (exact) mass is 436 g/mol. The second kappa shape index (κ2) is 7.47. The average Bonchev–Trinajstić information content (AvgIpc) is 2.86. The minimum absolute atomic E-state index is 0.00938. The Kier molecular flexibility index (Phi) is 5.39. The molecule has 1 aliphatic rings. The third-order valence-electron chi connectivity index (χ3n) is 3.66. The second-order valence-corrected chi connectivity index (χ2v) is 7.85. The highest BCUT2D eigenvalue weighted by atomic mass is 35.5. The molecule has 28 heavy (non-hydrogen) atoms. The Morgan fingerprint density at radius 2 is 1.82 bits per heavy atom. The predicted molar refractivity (Wildman–Crippen MR) is 92.5 cm³/mol. The van der Waals surface area contributed by atoms with Crippen molar-refractivity contribution in [1.82, 2.24) is 4.98 Å². The SMILES string of the molecule is O=C(Nc1cc2c(cc1Cl)OCCCO2)c1cccnc1S(=O)(=O)C(F)(F)F. The summed E-state index contributed by atoms with van der Waals surface area (Å²) in [6.07, 6.45) is 1.47. The van der Waals surface area contributed by atoms with Gasteiger partial charge in [0.1, 0.15) is 0 Å². The number of anilines is 1. The van der Waals surface area contributed by atoms with Gasteiger partial charge in [0.2, 0.25) is 0 Å². The molecule has 0 aliphatic carbocycles. The first kappa shape index (κ1) is 20.2. The van der Waals surface area contributed by atoms with Crippen LogP contribution in [0.1, 0.15) is 16.8 Å². The highest BCUT2D eigenvalue weighted by molar-refractivity contribution is 7.92. The summed E-state index contributed by atoms with van der Waals surface area (Å²) in [7, 11) is -5.82. The van der Waals surface area contributed by atoms with Crippen LogP contribution in [-0.4, -0.2) is 38.0 Å². The largest absolute Gasteiger partial charge is 0.503 e. The lowest BCUT2D eigenvalue weighted by atomic mass is 10.2. The number of rotatable bonds is 3. The van der Waals surface area contributed by atoms with Crippen LogP contribution in [0, 0.1) is 0 Å². The van der Waals surface area contributed by atoms with Crippen LogP contribution in [-0.2, 0) is 9.84 Å². The first-order valence-corrected chi connectivity index (χ1v) is 9.64. The number of benzene rings is 1. The maximum absolute atomic E-state index is 12.9. The van der Waals surface area contributed by atoms with Crippen molar-refractivity contribution in [1.29, 1.82) is 0 Å². The summed E-state index contributed by atoms with van der Waals surface area (Å²) in [6.45, 7) is 0.766. The Balaban J connectivity index is 1.96. The molecule has 1 N–H and O–H groups in total. The number of nitrogens with zero attached hydrogens (tertiary/aromatic N) is 1.